The molecule has 0 spiro atoms. The minimum atomic E-state index is -0.815. The van der Waals surface area contributed by atoms with Crippen molar-refractivity contribution in [2.75, 3.05) is 44.4 Å². The van der Waals surface area contributed by atoms with Crippen molar-refractivity contribution in [1.82, 2.24) is 20.2 Å². The molecule has 244 valence electrons. The molecule has 5 heterocycles. The third kappa shape index (κ3) is 5.73. The highest BCUT2D eigenvalue weighted by molar-refractivity contribution is 5.93. The van der Waals surface area contributed by atoms with Crippen molar-refractivity contribution in [3.05, 3.63) is 70.0 Å². The van der Waals surface area contributed by atoms with Crippen LogP contribution >= 0.6 is 0 Å². The standard InChI is InChI=1S/C36H38F2N6O3/c37-31-15-30-34(33(38)32(31)22-5-10-29-21(13-28(45)14-22)3-1-4-23(29)16-39)41-36(42-35(30)43-17-24-6-7-25(18-43)40-24)47-12-2-11-44-26-8-9-27(44)20-46-19-26/h1,3-4,13-15,24-27,40,45H,2,5-12,17-20H2/b22-14+,28-13+. The summed E-state index contributed by atoms with van der Waals surface area (Å²) >= 11 is 0. The van der Waals surface area contributed by atoms with Gasteiger partial charge in [-0.25, -0.2) is 8.78 Å². The third-order valence-corrected chi connectivity index (χ3v) is 10.5. The highest BCUT2D eigenvalue weighted by atomic mass is 19.1. The maximum absolute atomic E-state index is 16.7. The number of hydrogen-bond donors (Lipinski definition) is 2. The molecule has 0 amide bonds. The average Bonchev–Trinajstić information content (AvgIpc) is 3.50. The van der Waals surface area contributed by atoms with Crippen molar-refractivity contribution in [2.45, 2.75) is 69.1 Å². The molecule has 8 rings (SSSR count). The molecule has 2 N–H and O–H groups in total. The number of piperazine rings is 1. The first kappa shape index (κ1) is 30.2. The van der Waals surface area contributed by atoms with Crippen LogP contribution in [0.5, 0.6) is 6.01 Å². The lowest BCUT2D eigenvalue weighted by atomic mass is 9.89. The van der Waals surface area contributed by atoms with Gasteiger partial charge in [0.15, 0.2) is 5.82 Å². The number of aromatic nitrogens is 2. The summed E-state index contributed by atoms with van der Waals surface area (Å²) in [6.45, 7) is 4.15. The molecule has 2 aromatic carbocycles. The van der Waals surface area contributed by atoms with E-state index < -0.39 is 11.6 Å². The van der Waals surface area contributed by atoms with Crippen LogP contribution in [0.1, 0.15) is 60.8 Å². The Morgan fingerprint density at radius 1 is 1.04 bits per heavy atom. The maximum atomic E-state index is 16.7. The van der Waals surface area contributed by atoms with Crippen molar-refractivity contribution in [3.63, 3.8) is 0 Å². The van der Waals surface area contributed by atoms with E-state index in [2.05, 4.69) is 26.2 Å². The van der Waals surface area contributed by atoms with Crippen LogP contribution in [0.3, 0.4) is 0 Å². The van der Waals surface area contributed by atoms with Crippen LogP contribution in [-0.2, 0) is 11.2 Å². The average molecular weight is 641 g/mol. The minimum absolute atomic E-state index is 0.0111. The molecule has 5 aliphatic rings. The van der Waals surface area contributed by atoms with E-state index in [1.54, 1.807) is 12.1 Å². The summed E-state index contributed by atoms with van der Waals surface area (Å²) in [5.74, 6) is -1.24. The zero-order valence-corrected chi connectivity index (χ0v) is 26.2. The molecule has 4 atom stereocenters. The second kappa shape index (κ2) is 12.5. The molecule has 0 saturated carbocycles. The molecule has 4 aliphatic heterocycles. The number of morpholine rings is 1. The highest BCUT2D eigenvalue weighted by Crippen LogP contribution is 2.38. The summed E-state index contributed by atoms with van der Waals surface area (Å²) < 4.78 is 44.6. The Labute approximate surface area is 272 Å². The summed E-state index contributed by atoms with van der Waals surface area (Å²) in [6, 6.07) is 10.4. The minimum Gasteiger partial charge on any atom is -0.508 e. The first-order chi connectivity index (χ1) is 22.9. The van der Waals surface area contributed by atoms with Crippen LogP contribution in [0.25, 0.3) is 22.6 Å². The number of halogens is 2. The predicted molar refractivity (Wildman–Crippen MR) is 174 cm³/mol. The summed E-state index contributed by atoms with van der Waals surface area (Å²) in [6.07, 6.45) is 8.70. The number of benzene rings is 2. The number of rotatable bonds is 7. The first-order valence-electron chi connectivity index (χ1n) is 16.8. The Morgan fingerprint density at radius 2 is 1.83 bits per heavy atom. The predicted octanol–water partition coefficient (Wildman–Crippen LogP) is 5.28. The van der Waals surface area contributed by atoms with Crippen LogP contribution < -0.4 is 15.0 Å². The van der Waals surface area contributed by atoms with Gasteiger partial charge < -0.3 is 24.8 Å². The summed E-state index contributed by atoms with van der Waals surface area (Å²) in [4.78, 5) is 13.9. The van der Waals surface area contributed by atoms with E-state index in [0.29, 0.717) is 60.5 Å². The summed E-state index contributed by atoms with van der Waals surface area (Å²) in [5, 5.41) is 24.4. The van der Waals surface area contributed by atoms with Gasteiger partial charge in [0, 0.05) is 49.2 Å². The fourth-order valence-corrected chi connectivity index (χ4v) is 8.25. The summed E-state index contributed by atoms with van der Waals surface area (Å²) in [5.41, 5.74) is 1.95. The molecule has 0 radical (unpaired) electrons. The number of ether oxygens (including phenoxy) is 2. The van der Waals surface area contributed by atoms with E-state index >= 15 is 8.78 Å². The molecule has 3 aromatic rings. The van der Waals surface area contributed by atoms with Gasteiger partial charge >= 0.3 is 6.01 Å². The van der Waals surface area contributed by atoms with Gasteiger partial charge in [-0.15, -0.1) is 0 Å². The normalized spacial score (nSPS) is 27.7. The van der Waals surface area contributed by atoms with E-state index in [1.165, 1.54) is 18.2 Å². The van der Waals surface area contributed by atoms with Crippen molar-refractivity contribution in [2.24, 2.45) is 0 Å². The number of anilines is 1. The lowest BCUT2D eigenvalue weighted by Gasteiger charge is -2.34. The molecular formula is C36H38F2N6O3. The monoisotopic (exact) mass is 640 g/mol. The van der Waals surface area contributed by atoms with Crippen LogP contribution in [0.2, 0.25) is 0 Å². The quantitative estimate of drug-likeness (QED) is 0.334. The zero-order valence-electron chi connectivity index (χ0n) is 26.2. The molecule has 11 heteroatoms. The van der Waals surface area contributed by atoms with Gasteiger partial charge in [0.25, 0.3) is 0 Å². The van der Waals surface area contributed by atoms with Gasteiger partial charge in [-0.2, -0.15) is 15.2 Å². The number of hydrogen-bond acceptors (Lipinski definition) is 9. The highest BCUT2D eigenvalue weighted by Gasteiger charge is 2.37. The van der Waals surface area contributed by atoms with Crippen molar-refractivity contribution in [3.8, 4) is 12.1 Å². The molecule has 4 fully saturated rings. The maximum Gasteiger partial charge on any atom is 0.319 e. The van der Waals surface area contributed by atoms with Gasteiger partial charge in [-0.1, -0.05) is 12.1 Å². The van der Waals surface area contributed by atoms with Gasteiger partial charge in [-0.05, 0) is 85.9 Å². The third-order valence-electron chi connectivity index (χ3n) is 10.5. The Kier molecular flexibility index (Phi) is 8.03. The van der Waals surface area contributed by atoms with Crippen LogP contribution in [0.4, 0.5) is 14.6 Å². The van der Waals surface area contributed by atoms with Gasteiger partial charge in [0.05, 0.1) is 37.0 Å². The largest absolute Gasteiger partial charge is 0.508 e. The molecule has 1 aliphatic carbocycles. The van der Waals surface area contributed by atoms with Gasteiger partial charge in [-0.3, -0.25) is 4.90 Å². The van der Waals surface area contributed by atoms with E-state index in [4.69, 9.17) is 14.5 Å². The number of aliphatic hydroxyl groups is 1. The Balaban J connectivity index is 1.13. The van der Waals surface area contributed by atoms with Gasteiger partial charge in [0.2, 0.25) is 0 Å². The Hall–Kier alpha value is -4.11. The van der Waals surface area contributed by atoms with Crippen molar-refractivity contribution in [1.29, 1.82) is 5.26 Å². The summed E-state index contributed by atoms with van der Waals surface area (Å²) in [7, 11) is 0. The SMILES string of the molecule is N#Cc1cccc2c1CC/C(c1c(F)cc3c(N4CC5CCC(C4)N5)nc(OCCCN4C5CCC4COC5)nc3c1F)=C\C(O)=C/2. The smallest absolute Gasteiger partial charge is 0.319 e. The topological polar surface area (TPSA) is 107 Å². The number of fused-ring (bicyclic) bond motifs is 6. The second-order valence-electron chi connectivity index (χ2n) is 13.4. The second-order valence-corrected chi connectivity index (χ2v) is 13.4. The fourth-order valence-electron chi connectivity index (χ4n) is 8.25. The van der Waals surface area contributed by atoms with E-state index in [-0.39, 0.29) is 46.9 Å². The van der Waals surface area contributed by atoms with Crippen molar-refractivity contribution < 1.29 is 23.4 Å². The Morgan fingerprint density at radius 3 is 2.60 bits per heavy atom. The zero-order chi connectivity index (χ0) is 32.1. The van der Waals surface area contributed by atoms with E-state index in [0.717, 1.165) is 57.4 Å². The molecule has 4 bridgehead atoms. The number of aliphatic hydroxyl groups excluding tert-OH is 1. The lowest BCUT2D eigenvalue weighted by molar-refractivity contribution is -0.0161. The van der Waals surface area contributed by atoms with Gasteiger partial charge in [0.1, 0.15) is 22.9 Å². The molecular weight excluding hydrogens is 602 g/mol. The number of nitrogens with zero attached hydrogens (tertiary/aromatic N) is 5. The van der Waals surface area contributed by atoms with Crippen LogP contribution in [0, 0.1) is 23.0 Å². The lowest BCUT2D eigenvalue weighted by Crippen LogP contribution is -2.51. The van der Waals surface area contributed by atoms with E-state index in [1.807, 2.05) is 6.07 Å². The fraction of sp³-hybridized carbons (Fsp3) is 0.472. The number of nitrogens with one attached hydrogen (secondary N) is 1. The van der Waals surface area contributed by atoms with Crippen molar-refractivity contribution >= 4 is 28.4 Å². The molecule has 1 aromatic heterocycles. The first-order valence-corrected chi connectivity index (χ1v) is 16.8. The molecule has 4 saturated heterocycles. The molecule has 47 heavy (non-hydrogen) atoms. The number of allylic oxidation sites excluding steroid dienone is 2. The molecule has 4 unspecified atom stereocenters. The van der Waals surface area contributed by atoms with Crippen LogP contribution in [0.15, 0.2) is 36.1 Å². The van der Waals surface area contributed by atoms with Crippen LogP contribution in [-0.4, -0.2) is 83.6 Å². The number of nitriles is 1. The van der Waals surface area contributed by atoms with E-state index in [9.17, 15) is 10.4 Å². The molecule has 9 nitrogen and oxygen atoms in total. The Bertz CT molecular complexity index is 1790.